The summed E-state index contributed by atoms with van der Waals surface area (Å²) in [6.07, 6.45) is 4.51. The molecule has 94 valence electrons. The molecule has 0 aliphatic heterocycles. The Morgan fingerprint density at radius 2 is 2.22 bits per heavy atom. The first-order valence-electron chi connectivity index (χ1n) is 5.96. The van der Waals surface area contributed by atoms with Crippen molar-refractivity contribution in [2.45, 2.75) is 26.8 Å². The molecule has 0 atom stereocenters. The van der Waals surface area contributed by atoms with Crippen molar-refractivity contribution < 1.29 is 4.79 Å². The fourth-order valence-electron chi connectivity index (χ4n) is 1.56. The van der Waals surface area contributed by atoms with Gasteiger partial charge in [-0.25, -0.2) is 4.98 Å². The number of rotatable bonds is 4. The Morgan fingerprint density at radius 3 is 2.89 bits per heavy atom. The summed E-state index contributed by atoms with van der Waals surface area (Å²) in [6.45, 7) is 4.83. The van der Waals surface area contributed by atoms with Gasteiger partial charge in [-0.3, -0.25) is 9.48 Å². The van der Waals surface area contributed by atoms with Crippen molar-refractivity contribution in [3.05, 3.63) is 41.9 Å². The van der Waals surface area contributed by atoms with E-state index in [2.05, 4.69) is 22.3 Å². The molecule has 2 aromatic rings. The van der Waals surface area contributed by atoms with Crippen LogP contribution in [-0.4, -0.2) is 20.7 Å². The third-order valence-electron chi connectivity index (χ3n) is 2.48. The van der Waals surface area contributed by atoms with E-state index in [4.69, 9.17) is 0 Å². The minimum atomic E-state index is -0.235. The van der Waals surface area contributed by atoms with Crippen molar-refractivity contribution in [1.29, 1.82) is 0 Å². The highest BCUT2D eigenvalue weighted by Gasteiger charge is 2.09. The van der Waals surface area contributed by atoms with Gasteiger partial charge in [-0.15, -0.1) is 0 Å². The third kappa shape index (κ3) is 2.94. The van der Waals surface area contributed by atoms with Crippen LogP contribution in [0.2, 0.25) is 0 Å². The Balaban J connectivity index is 2.04. The molecule has 0 bridgehead atoms. The average molecular weight is 244 g/mol. The summed E-state index contributed by atoms with van der Waals surface area (Å²) in [5, 5.41) is 6.91. The van der Waals surface area contributed by atoms with Crippen molar-refractivity contribution in [2.24, 2.45) is 0 Å². The maximum absolute atomic E-state index is 11.9. The minimum absolute atomic E-state index is 0.235. The van der Waals surface area contributed by atoms with Crippen LogP contribution < -0.4 is 5.32 Å². The van der Waals surface area contributed by atoms with Crippen LogP contribution in [0.5, 0.6) is 0 Å². The van der Waals surface area contributed by atoms with Gasteiger partial charge in [0, 0.05) is 18.9 Å². The molecule has 5 nitrogen and oxygen atoms in total. The summed E-state index contributed by atoms with van der Waals surface area (Å²) in [4.78, 5) is 16.0. The number of carbonyl (C=O) groups excluding carboxylic acids is 1. The zero-order chi connectivity index (χ0) is 13.0. The normalized spacial score (nSPS) is 10.3. The van der Waals surface area contributed by atoms with Crippen molar-refractivity contribution in [1.82, 2.24) is 14.8 Å². The molecule has 0 unspecified atom stereocenters. The zero-order valence-electron chi connectivity index (χ0n) is 10.6. The summed E-state index contributed by atoms with van der Waals surface area (Å²) in [5.74, 6) is 0.303. The van der Waals surface area contributed by atoms with Gasteiger partial charge in [0.1, 0.15) is 5.82 Å². The van der Waals surface area contributed by atoms with E-state index >= 15 is 0 Å². The Morgan fingerprint density at radius 1 is 1.39 bits per heavy atom. The number of hydrogen-bond donors (Lipinski definition) is 1. The van der Waals surface area contributed by atoms with Crippen molar-refractivity contribution in [3.8, 4) is 0 Å². The zero-order valence-corrected chi connectivity index (χ0v) is 10.6. The molecule has 0 radical (unpaired) electrons. The second-order valence-corrected chi connectivity index (χ2v) is 4.14. The number of aryl methyl sites for hydroxylation is 2. The summed E-state index contributed by atoms with van der Waals surface area (Å²) < 4.78 is 1.76. The van der Waals surface area contributed by atoms with Gasteiger partial charge in [0.15, 0.2) is 5.69 Å². The first-order valence-corrected chi connectivity index (χ1v) is 5.96. The summed E-state index contributed by atoms with van der Waals surface area (Å²) in [6, 6.07) is 5.38. The predicted molar refractivity (Wildman–Crippen MR) is 69.4 cm³/mol. The number of anilines is 1. The maximum atomic E-state index is 11.9. The van der Waals surface area contributed by atoms with Crippen LogP contribution in [0.1, 0.15) is 29.4 Å². The van der Waals surface area contributed by atoms with Crippen LogP contribution in [0, 0.1) is 6.92 Å². The molecule has 0 aliphatic rings. The molecule has 0 fully saturated rings. The molecule has 0 aliphatic carbocycles. The van der Waals surface area contributed by atoms with Gasteiger partial charge in [0.25, 0.3) is 5.91 Å². The van der Waals surface area contributed by atoms with Crippen LogP contribution in [0.15, 0.2) is 30.6 Å². The molecule has 5 heteroatoms. The molecule has 2 aromatic heterocycles. The summed E-state index contributed by atoms with van der Waals surface area (Å²) in [5.41, 5.74) is 1.46. The van der Waals surface area contributed by atoms with Crippen molar-refractivity contribution in [3.63, 3.8) is 0 Å². The summed E-state index contributed by atoms with van der Waals surface area (Å²) >= 11 is 0. The van der Waals surface area contributed by atoms with E-state index in [1.165, 1.54) is 0 Å². The van der Waals surface area contributed by atoms with E-state index in [1.54, 1.807) is 29.2 Å². The number of aromatic nitrogens is 3. The lowest BCUT2D eigenvalue weighted by molar-refractivity contribution is 0.102. The predicted octanol–water partition coefficient (Wildman–Crippen LogP) is 2.25. The van der Waals surface area contributed by atoms with E-state index in [9.17, 15) is 4.79 Å². The molecule has 0 aromatic carbocycles. The van der Waals surface area contributed by atoms with E-state index in [0.29, 0.717) is 11.5 Å². The van der Waals surface area contributed by atoms with Crippen LogP contribution in [0.3, 0.4) is 0 Å². The standard InChI is InChI=1S/C13H16N4O/c1-3-7-17-8-6-11(16-17)13(18)15-12-5-4-10(2)9-14-12/h4-6,8-9H,3,7H2,1-2H3,(H,14,15,18). The second kappa shape index (κ2) is 5.44. The van der Waals surface area contributed by atoms with E-state index in [1.807, 2.05) is 13.0 Å². The molecular weight excluding hydrogens is 228 g/mol. The first-order chi connectivity index (χ1) is 8.69. The number of nitrogens with one attached hydrogen (secondary N) is 1. The second-order valence-electron chi connectivity index (χ2n) is 4.14. The molecule has 0 saturated carbocycles. The fraction of sp³-hybridized carbons (Fsp3) is 0.308. The number of nitrogens with zero attached hydrogens (tertiary/aromatic N) is 3. The molecule has 1 N–H and O–H groups in total. The smallest absolute Gasteiger partial charge is 0.277 e. The molecule has 2 heterocycles. The molecule has 1 amide bonds. The largest absolute Gasteiger partial charge is 0.305 e. The number of pyridine rings is 1. The van der Waals surface area contributed by atoms with E-state index in [-0.39, 0.29) is 5.91 Å². The van der Waals surface area contributed by atoms with Crippen LogP contribution >= 0.6 is 0 Å². The maximum Gasteiger partial charge on any atom is 0.277 e. The molecule has 0 spiro atoms. The Labute approximate surface area is 106 Å². The quantitative estimate of drug-likeness (QED) is 0.897. The fourth-order valence-corrected chi connectivity index (χ4v) is 1.56. The lowest BCUT2D eigenvalue weighted by atomic mass is 10.3. The Kier molecular flexibility index (Phi) is 3.72. The number of hydrogen-bond acceptors (Lipinski definition) is 3. The average Bonchev–Trinajstić information content (AvgIpc) is 2.81. The highest BCUT2D eigenvalue weighted by molar-refractivity contribution is 6.02. The van der Waals surface area contributed by atoms with Gasteiger partial charge in [0.2, 0.25) is 0 Å². The summed E-state index contributed by atoms with van der Waals surface area (Å²) in [7, 11) is 0. The first kappa shape index (κ1) is 12.3. The van der Waals surface area contributed by atoms with Crippen molar-refractivity contribution in [2.75, 3.05) is 5.32 Å². The van der Waals surface area contributed by atoms with Gasteiger partial charge in [0.05, 0.1) is 0 Å². The van der Waals surface area contributed by atoms with Crippen molar-refractivity contribution >= 4 is 11.7 Å². The molecular formula is C13H16N4O. The lowest BCUT2D eigenvalue weighted by Gasteiger charge is -2.02. The van der Waals surface area contributed by atoms with Gasteiger partial charge in [-0.05, 0) is 31.0 Å². The third-order valence-corrected chi connectivity index (χ3v) is 2.48. The highest BCUT2D eigenvalue weighted by atomic mass is 16.2. The monoisotopic (exact) mass is 244 g/mol. The van der Waals surface area contributed by atoms with E-state index < -0.39 is 0 Å². The minimum Gasteiger partial charge on any atom is -0.305 e. The van der Waals surface area contributed by atoms with Gasteiger partial charge >= 0.3 is 0 Å². The molecule has 18 heavy (non-hydrogen) atoms. The van der Waals surface area contributed by atoms with Gasteiger partial charge in [-0.2, -0.15) is 5.10 Å². The number of amides is 1. The van der Waals surface area contributed by atoms with Gasteiger partial charge < -0.3 is 5.32 Å². The van der Waals surface area contributed by atoms with Crippen LogP contribution in [0.25, 0.3) is 0 Å². The molecule has 0 saturated heterocycles. The SMILES string of the molecule is CCCn1ccc(C(=O)Nc2ccc(C)cn2)n1. The molecule has 2 rings (SSSR count). The van der Waals surface area contributed by atoms with Crippen LogP contribution in [0.4, 0.5) is 5.82 Å². The lowest BCUT2D eigenvalue weighted by Crippen LogP contribution is -2.14. The van der Waals surface area contributed by atoms with Gasteiger partial charge in [-0.1, -0.05) is 13.0 Å². The van der Waals surface area contributed by atoms with E-state index in [0.717, 1.165) is 18.5 Å². The Bertz CT molecular complexity index is 530. The topological polar surface area (TPSA) is 59.8 Å². The Hall–Kier alpha value is -2.17. The highest BCUT2D eigenvalue weighted by Crippen LogP contribution is 2.06. The number of carbonyl (C=O) groups is 1. The van der Waals surface area contributed by atoms with Crippen LogP contribution in [-0.2, 0) is 6.54 Å².